The summed E-state index contributed by atoms with van der Waals surface area (Å²) in [6.45, 7) is 10.4. The van der Waals surface area contributed by atoms with Crippen molar-refractivity contribution in [1.82, 2.24) is 25.1 Å². The standard InChI is InChI=1S/C15H24N6/c1-4-16-13-7-9-14(10-8-13)21-15(17-18-19-21)11-12-20(5-2)6-3/h7-10,16H,4-6,11-12H2,1-3H3. The maximum absolute atomic E-state index is 4.15. The first kappa shape index (κ1) is 15.4. The van der Waals surface area contributed by atoms with Gasteiger partial charge in [0.05, 0.1) is 5.69 Å². The SMILES string of the molecule is CCNc1ccc(-n2nnnc2CCN(CC)CC)cc1. The average molecular weight is 288 g/mol. The average Bonchev–Trinajstić information content (AvgIpc) is 2.98. The molecule has 1 heterocycles. The van der Waals surface area contributed by atoms with Gasteiger partial charge in [0.1, 0.15) is 0 Å². The lowest BCUT2D eigenvalue weighted by atomic mass is 10.2. The van der Waals surface area contributed by atoms with Crippen LogP contribution in [0.15, 0.2) is 24.3 Å². The summed E-state index contributed by atoms with van der Waals surface area (Å²) in [4.78, 5) is 2.37. The second-order valence-electron chi connectivity index (χ2n) is 4.86. The van der Waals surface area contributed by atoms with E-state index in [0.29, 0.717) is 0 Å². The van der Waals surface area contributed by atoms with Crippen molar-refractivity contribution in [2.75, 3.05) is 31.5 Å². The number of tetrazole rings is 1. The highest BCUT2D eigenvalue weighted by atomic mass is 15.5. The highest BCUT2D eigenvalue weighted by Crippen LogP contribution is 2.13. The summed E-state index contributed by atoms with van der Waals surface area (Å²) in [7, 11) is 0. The van der Waals surface area contributed by atoms with Crippen LogP contribution in [0.1, 0.15) is 26.6 Å². The first-order valence-electron chi connectivity index (χ1n) is 7.62. The molecule has 0 atom stereocenters. The number of rotatable bonds is 8. The largest absolute Gasteiger partial charge is 0.385 e. The second-order valence-corrected chi connectivity index (χ2v) is 4.86. The molecule has 0 saturated heterocycles. The van der Waals surface area contributed by atoms with Crippen molar-refractivity contribution in [3.05, 3.63) is 30.1 Å². The normalized spacial score (nSPS) is 11.0. The molecule has 0 aliphatic rings. The number of aromatic nitrogens is 4. The van der Waals surface area contributed by atoms with Gasteiger partial charge in [-0.15, -0.1) is 5.10 Å². The molecule has 0 aliphatic carbocycles. The van der Waals surface area contributed by atoms with E-state index in [1.54, 1.807) is 0 Å². The van der Waals surface area contributed by atoms with Crippen LogP contribution in [0.3, 0.4) is 0 Å². The van der Waals surface area contributed by atoms with Crippen LogP contribution in [0.5, 0.6) is 0 Å². The number of benzene rings is 1. The zero-order chi connectivity index (χ0) is 15.1. The Morgan fingerprint density at radius 3 is 2.43 bits per heavy atom. The van der Waals surface area contributed by atoms with E-state index >= 15 is 0 Å². The molecule has 2 rings (SSSR count). The summed E-state index contributed by atoms with van der Waals surface area (Å²) < 4.78 is 1.82. The predicted molar refractivity (Wildman–Crippen MR) is 84.8 cm³/mol. The molecule has 2 aromatic rings. The van der Waals surface area contributed by atoms with Crippen molar-refractivity contribution in [2.24, 2.45) is 0 Å². The zero-order valence-electron chi connectivity index (χ0n) is 13.1. The van der Waals surface area contributed by atoms with Crippen molar-refractivity contribution in [3.8, 4) is 5.69 Å². The molecule has 0 radical (unpaired) electrons. The lowest BCUT2D eigenvalue weighted by molar-refractivity contribution is 0.305. The van der Waals surface area contributed by atoms with E-state index in [-0.39, 0.29) is 0 Å². The van der Waals surface area contributed by atoms with Gasteiger partial charge in [0.2, 0.25) is 0 Å². The van der Waals surface area contributed by atoms with Crippen LogP contribution in [-0.2, 0) is 6.42 Å². The van der Waals surface area contributed by atoms with Crippen molar-refractivity contribution in [2.45, 2.75) is 27.2 Å². The predicted octanol–water partition coefficient (Wildman–Crippen LogP) is 1.98. The van der Waals surface area contributed by atoms with E-state index in [1.165, 1.54) is 0 Å². The molecule has 6 nitrogen and oxygen atoms in total. The number of hydrogen-bond acceptors (Lipinski definition) is 5. The molecule has 0 spiro atoms. The van der Waals surface area contributed by atoms with Crippen molar-refractivity contribution in [3.63, 3.8) is 0 Å². The van der Waals surface area contributed by atoms with Crippen molar-refractivity contribution >= 4 is 5.69 Å². The zero-order valence-corrected chi connectivity index (χ0v) is 13.1. The molecule has 1 aromatic carbocycles. The molecule has 6 heteroatoms. The van der Waals surface area contributed by atoms with Crippen LogP contribution < -0.4 is 5.32 Å². The van der Waals surface area contributed by atoms with Crippen molar-refractivity contribution < 1.29 is 0 Å². The van der Waals surface area contributed by atoms with Gasteiger partial charge >= 0.3 is 0 Å². The highest BCUT2D eigenvalue weighted by Gasteiger charge is 2.09. The second kappa shape index (κ2) is 7.73. The number of nitrogens with one attached hydrogen (secondary N) is 1. The number of likely N-dealkylation sites (N-methyl/N-ethyl adjacent to an activating group) is 1. The minimum atomic E-state index is 0.851. The first-order chi connectivity index (χ1) is 10.3. The Kier molecular flexibility index (Phi) is 5.68. The monoisotopic (exact) mass is 288 g/mol. The summed E-state index contributed by atoms with van der Waals surface area (Å²) >= 11 is 0. The lowest BCUT2D eigenvalue weighted by Gasteiger charge is -2.17. The van der Waals surface area contributed by atoms with E-state index in [4.69, 9.17) is 0 Å². The molecule has 1 N–H and O–H groups in total. The fraction of sp³-hybridized carbons (Fsp3) is 0.533. The Bertz CT molecular complexity index is 529. The molecule has 0 fully saturated rings. The van der Waals surface area contributed by atoms with Crippen LogP contribution in [0, 0.1) is 0 Å². The van der Waals surface area contributed by atoms with Gasteiger partial charge in [-0.1, -0.05) is 13.8 Å². The molecule has 0 saturated carbocycles. The Labute approximate surface area is 126 Å². The molecule has 0 aliphatic heterocycles. The number of anilines is 1. The molecular weight excluding hydrogens is 264 g/mol. The smallest absolute Gasteiger partial charge is 0.157 e. The van der Waals surface area contributed by atoms with Gasteiger partial charge in [-0.2, -0.15) is 4.68 Å². The minimum Gasteiger partial charge on any atom is -0.385 e. The van der Waals surface area contributed by atoms with Gasteiger partial charge in [0.25, 0.3) is 0 Å². The Hall–Kier alpha value is -1.95. The third-order valence-corrected chi connectivity index (χ3v) is 3.57. The minimum absolute atomic E-state index is 0.851. The molecular formula is C15H24N6. The first-order valence-corrected chi connectivity index (χ1v) is 7.62. The van der Waals surface area contributed by atoms with Gasteiger partial charge in [-0.25, -0.2) is 0 Å². The summed E-state index contributed by atoms with van der Waals surface area (Å²) in [6.07, 6.45) is 0.851. The van der Waals surface area contributed by atoms with E-state index in [2.05, 4.69) is 58.6 Å². The number of nitrogens with zero attached hydrogens (tertiary/aromatic N) is 5. The van der Waals surface area contributed by atoms with Crippen LogP contribution in [0.25, 0.3) is 5.69 Å². The molecule has 0 bridgehead atoms. The topological polar surface area (TPSA) is 58.9 Å². The van der Waals surface area contributed by atoms with Gasteiger partial charge < -0.3 is 10.2 Å². The van der Waals surface area contributed by atoms with Gasteiger partial charge in [0.15, 0.2) is 5.82 Å². The van der Waals surface area contributed by atoms with Crippen LogP contribution >= 0.6 is 0 Å². The summed E-state index contributed by atoms with van der Waals surface area (Å²) in [6, 6.07) is 8.17. The maximum atomic E-state index is 4.15. The quantitative estimate of drug-likeness (QED) is 0.805. The molecule has 0 unspecified atom stereocenters. The van der Waals surface area contributed by atoms with E-state index in [0.717, 1.165) is 49.8 Å². The fourth-order valence-corrected chi connectivity index (χ4v) is 2.28. The van der Waals surface area contributed by atoms with Crippen molar-refractivity contribution in [1.29, 1.82) is 0 Å². The summed E-state index contributed by atoms with van der Waals surface area (Å²) in [5.41, 5.74) is 2.11. The van der Waals surface area contributed by atoms with E-state index < -0.39 is 0 Å². The molecule has 114 valence electrons. The summed E-state index contributed by atoms with van der Waals surface area (Å²) in [5.74, 6) is 0.901. The number of hydrogen-bond donors (Lipinski definition) is 1. The molecule has 0 amide bonds. The maximum Gasteiger partial charge on any atom is 0.157 e. The van der Waals surface area contributed by atoms with Crippen LogP contribution in [0.2, 0.25) is 0 Å². The lowest BCUT2D eigenvalue weighted by Crippen LogP contribution is -2.26. The van der Waals surface area contributed by atoms with Gasteiger partial charge in [0, 0.05) is 25.2 Å². The van der Waals surface area contributed by atoms with Crippen LogP contribution in [0.4, 0.5) is 5.69 Å². The molecule has 1 aromatic heterocycles. The van der Waals surface area contributed by atoms with Gasteiger partial charge in [-0.3, -0.25) is 0 Å². The Morgan fingerprint density at radius 2 is 1.81 bits per heavy atom. The highest BCUT2D eigenvalue weighted by molar-refractivity contribution is 5.48. The third-order valence-electron chi connectivity index (χ3n) is 3.57. The van der Waals surface area contributed by atoms with E-state index in [9.17, 15) is 0 Å². The third kappa shape index (κ3) is 4.01. The molecule has 21 heavy (non-hydrogen) atoms. The summed E-state index contributed by atoms with van der Waals surface area (Å²) in [5, 5.41) is 15.4. The van der Waals surface area contributed by atoms with Crippen LogP contribution in [-0.4, -0.2) is 51.3 Å². The fourth-order valence-electron chi connectivity index (χ4n) is 2.28. The van der Waals surface area contributed by atoms with Gasteiger partial charge in [-0.05, 0) is 54.7 Å². The van der Waals surface area contributed by atoms with E-state index in [1.807, 2.05) is 16.8 Å². The Morgan fingerprint density at radius 1 is 1.10 bits per heavy atom. The Balaban J connectivity index is 2.08.